The third-order valence-corrected chi connectivity index (χ3v) is 8.03. The summed E-state index contributed by atoms with van der Waals surface area (Å²) >= 11 is 0. The number of carbonyl (C=O) groups is 3. The SMILES string of the molecule is COc1ccc([C@@H](C)NC(=O)[C@@H]2C[C@@H](O)CN2C(=O)CNC(=O)c2ccc3cc(F)ccc3n2)c(C2=CCN(C)CC2)c1. The van der Waals surface area contributed by atoms with Gasteiger partial charge in [-0.3, -0.25) is 14.4 Å². The predicted molar refractivity (Wildman–Crippen MR) is 160 cm³/mol. The number of likely N-dealkylation sites (N-methyl/N-ethyl adjacent to an activating group) is 1. The van der Waals surface area contributed by atoms with Gasteiger partial charge in [-0.25, -0.2) is 9.37 Å². The number of carbonyl (C=O) groups excluding carboxylic acids is 3. The third-order valence-electron chi connectivity index (χ3n) is 8.03. The van der Waals surface area contributed by atoms with Crippen LogP contribution < -0.4 is 15.4 Å². The molecule has 3 aromatic rings. The number of hydrogen-bond acceptors (Lipinski definition) is 7. The molecule has 3 N–H and O–H groups in total. The zero-order chi connectivity index (χ0) is 30.7. The Bertz CT molecular complexity index is 1580. The van der Waals surface area contributed by atoms with Gasteiger partial charge < -0.3 is 30.3 Å². The summed E-state index contributed by atoms with van der Waals surface area (Å²) in [6, 6.07) is 11.6. The van der Waals surface area contributed by atoms with Gasteiger partial charge in [0.05, 0.1) is 31.3 Å². The summed E-state index contributed by atoms with van der Waals surface area (Å²) in [6.07, 6.45) is 2.28. The molecule has 1 saturated heterocycles. The van der Waals surface area contributed by atoms with E-state index in [1.165, 1.54) is 34.7 Å². The molecule has 2 aromatic carbocycles. The summed E-state index contributed by atoms with van der Waals surface area (Å²) in [6.45, 7) is 3.25. The second kappa shape index (κ2) is 12.9. The van der Waals surface area contributed by atoms with Gasteiger partial charge in [0.1, 0.15) is 23.3 Å². The Morgan fingerprint density at radius 1 is 1.16 bits per heavy atom. The quantitative estimate of drug-likeness (QED) is 0.369. The summed E-state index contributed by atoms with van der Waals surface area (Å²) < 4.78 is 18.9. The molecule has 0 saturated carbocycles. The van der Waals surface area contributed by atoms with Crippen LogP contribution in [0.15, 0.2) is 54.6 Å². The molecule has 43 heavy (non-hydrogen) atoms. The van der Waals surface area contributed by atoms with E-state index in [9.17, 15) is 23.9 Å². The normalized spacial score (nSPS) is 19.6. The first-order valence-corrected chi connectivity index (χ1v) is 14.3. The Kier molecular flexibility index (Phi) is 9.02. The average Bonchev–Trinajstić information content (AvgIpc) is 3.41. The number of benzene rings is 2. The molecule has 0 aliphatic carbocycles. The number of pyridine rings is 1. The largest absolute Gasteiger partial charge is 0.497 e. The smallest absolute Gasteiger partial charge is 0.270 e. The first kappa shape index (κ1) is 30.1. The van der Waals surface area contributed by atoms with Crippen LogP contribution >= 0.6 is 0 Å². The van der Waals surface area contributed by atoms with Crippen molar-refractivity contribution in [2.75, 3.05) is 40.3 Å². The fourth-order valence-corrected chi connectivity index (χ4v) is 5.63. The summed E-state index contributed by atoms with van der Waals surface area (Å²) in [5.74, 6) is -1.14. The number of aromatic nitrogens is 1. The Labute approximate surface area is 249 Å². The van der Waals surface area contributed by atoms with E-state index in [0.29, 0.717) is 10.9 Å². The molecule has 3 atom stereocenters. The molecule has 10 nitrogen and oxygen atoms in total. The number of aliphatic hydroxyl groups is 1. The number of methoxy groups -OCH3 is 1. The highest BCUT2D eigenvalue weighted by Gasteiger charge is 2.39. The molecule has 2 aliphatic rings. The van der Waals surface area contributed by atoms with Crippen LogP contribution in [0.2, 0.25) is 0 Å². The number of nitrogens with zero attached hydrogens (tertiary/aromatic N) is 3. The number of β-amino-alcohol motifs (C(OH)–C–C–N with tert-alkyl or cyclic N) is 1. The van der Waals surface area contributed by atoms with Crippen molar-refractivity contribution in [2.24, 2.45) is 0 Å². The molecule has 11 heteroatoms. The van der Waals surface area contributed by atoms with Gasteiger partial charge in [-0.1, -0.05) is 18.2 Å². The minimum Gasteiger partial charge on any atom is -0.497 e. The number of halogens is 1. The van der Waals surface area contributed by atoms with Crippen LogP contribution in [0.25, 0.3) is 16.5 Å². The lowest BCUT2D eigenvalue weighted by atomic mass is 9.91. The first-order valence-electron chi connectivity index (χ1n) is 14.3. The van der Waals surface area contributed by atoms with Crippen molar-refractivity contribution in [1.29, 1.82) is 0 Å². The van der Waals surface area contributed by atoms with Crippen molar-refractivity contribution >= 4 is 34.2 Å². The number of nitrogens with one attached hydrogen (secondary N) is 2. The number of rotatable bonds is 8. The summed E-state index contributed by atoms with van der Waals surface area (Å²) in [5, 5.41) is 16.5. The highest BCUT2D eigenvalue weighted by molar-refractivity contribution is 5.97. The monoisotopic (exact) mass is 589 g/mol. The van der Waals surface area contributed by atoms with E-state index in [2.05, 4.69) is 33.6 Å². The van der Waals surface area contributed by atoms with Crippen LogP contribution in [0.3, 0.4) is 0 Å². The molecule has 2 aliphatic heterocycles. The number of aliphatic hydroxyl groups excluding tert-OH is 1. The number of fused-ring (bicyclic) bond motifs is 1. The van der Waals surface area contributed by atoms with Gasteiger partial charge in [-0.05, 0) is 73.5 Å². The highest BCUT2D eigenvalue weighted by Crippen LogP contribution is 2.32. The maximum atomic E-state index is 13.5. The summed E-state index contributed by atoms with van der Waals surface area (Å²) in [5.41, 5.74) is 3.64. The van der Waals surface area contributed by atoms with Crippen LogP contribution in [0, 0.1) is 5.82 Å². The fraction of sp³-hybridized carbons (Fsp3) is 0.375. The molecule has 0 bridgehead atoms. The van der Waals surface area contributed by atoms with E-state index in [1.54, 1.807) is 13.2 Å². The van der Waals surface area contributed by atoms with E-state index in [0.717, 1.165) is 36.4 Å². The minimum atomic E-state index is -0.889. The van der Waals surface area contributed by atoms with Gasteiger partial charge in [0.2, 0.25) is 11.8 Å². The lowest BCUT2D eigenvalue weighted by molar-refractivity contribution is -0.138. The molecule has 3 amide bonds. The van der Waals surface area contributed by atoms with Crippen LogP contribution in [0.4, 0.5) is 4.39 Å². The highest BCUT2D eigenvalue weighted by atomic mass is 19.1. The van der Waals surface area contributed by atoms with Crippen molar-refractivity contribution in [3.8, 4) is 5.75 Å². The van der Waals surface area contributed by atoms with Gasteiger partial charge in [0, 0.05) is 31.4 Å². The standard InChI is InChI=1S/C32H36FN5O5/c1-19(25-7-6-24(43-3)16-26(25)20-10-12-37(2)13-11-20)35-32(42)29-15-23(39)18-38(29)30(40)17-34-31(41)28-8-4-21-14-22(33)5-9-27(21)36-28/h4-10,14,16,19,23,29,39H,11-13,15,17-18H2,1-3H3,(H,34,41)(H,35,42)/t19-,23-,29+/m1/s1. The number of amides is 3. The topological polar surface area (TPSA) is 124 Å². The average molecular weight is 590 g/mol. The van der Waals surface area contributed by atoms with E-state index in [4.69, 9.17) is 4.74 Å². The van der Waals surface area contributed by atoms with E-state index in [-0.39, 0.29) is 37.2 Å². The number of hydrogen-bond donors (Lipinski definition) is 3. The van der Waals surface area contributed by atoms with Crippen LogP contribution in [-0.4, -0.2) is 90.1 Å². The number of ether oxygens (including phenoxy) is 1. The molecule has 1 fully saturated rings. The zero-order valence-electron chi connectivity index (χ0n) is 24.5. The fourth-order valence-electron chi connectivity index (χ4n) is 5.63. The maximum absolute atomic E-state index is 13.5. The summed E-state index contributed by atoms with van der Waals surface area (Å²) in [4.78, 5) is 47.1. The van der Waals surface area contributed by atoms with E-state index in [1.807, 2.05) is 25.1 Å². The van der Waals surface area contributed by atoms with Gasteiger partial charge in [0.25, 0.3) is 5.91 Å². The molecule has 1 aromatic heterocycles. The van der Waals surface area contributed by atoms with Gasteiger partial charge in [0.15, 0.2) is 0 Å². The van der Waals surface area contributed by atoms with Crippen LogP contribution in [0.1, 0.15) is 47.4 Å². The lowest BCUT2D eigenvalue weighted by Crippen LogP contribution is -2.49. The zero-order valence-corrected chi connectivity index (χ0v) is 24.5. The molecule has 5 rings (SSSR count). The molecular weight excluding hydrogens is 553 g/mol. The van der Waals surface area contributed by atoms with Crippen molar-refractivity contribution in [1.82, 2.24) is 25.4 Å². The predicted octanol–water partition coefficient (Wildman–Crippen LogP) is 2.67. The molecular formula is C32H36FN5O5. The molecule has 0 spiro atoms. The van der Waals surface area contributed by atoms with Crippen molar-refractivity contribution in [3.63, 3.8) is 0 Å². The Hall–Kier alpha value is -4.35. The van der Waals surface area contributed by atoms with Crippen LogP contribution in [0.5, 0.6) is 5.75 Å². The van der Waals surface area contributed by atoms with Crippen molar-refractivity contribution < 1.29 is 28.6 Å². The second-order valence-corrected chi connectivity index (χ2v) is 11.1. The van der Waals surface area contributed by atoms with Gasteiger partial charge in [-0.15, -0.1) is 0 Å². The first-order chi connectivity index (χ1) is 20.6. The van der Waals surface area contributed by atoms with Crippen molar-refractivity contribution in [2.45, 2.75) is 38.0 Å². The summed E-state index contributed by atoms with van der Waals surface area (Å²) in [7, 11) is 3.69. The molecule has 0 unspecified atom stereocenters. The van der Waals surface area contributed by atoms with E-state index >= 15 is 0 Å². The molecule has 226 valence electrons. The third kappa shape index (κ3) is 6.84. The van der Waals surface area contributed by atoms with Crippen LogP contribution in [-0.2, 0) is 9.59 Å². The molecule has 0 radical (unpaired) electrons. The molecule has 3 heterocycles. The maximum Gasteiger partial charge on any atom is 0.270 e. The lowest BCUT2D eigenvalue weighted by Gasteiger charge is -2.28. The number of likely N-dealkylation sites (tertiary alicyclic amines) is 1. The Morgan fingerprint density at radius 2 is 1.98 bits per heavy atom. The van der Waals surface area contributed by atoms with Gasteiger partial charge >= 0.3 is 0 Å². The van der Waals surface area contributed by atoms with E-state index < -0.39 is 29.8 Å². The van der Waals surface area contributed by atoms with Gasteiger partial charge in [-0.2, -0.15) is 0 Å². The minimum absolute atomic E-state index is 0.0187. The Balaban J connectivity index is 1.25. The van der Waals surface area contributed by atoms with Crippen molar-refractivity contribution in [3.05, 3.63) is 77.2 Å². The second-order valence-electron chi connectivity index (χ2n) is 11.1. The Morgan fingerprint density at radius 3 is 2.72 bits per heavy atom.